The first kappa shape index (κ1) is 10.9. The van der Waals surface area contributed by atoms with E-state index >= 15 is 0 Å². The van der Waals surface area contributed by atoms with Crippen molar-refractivity contribution in [1.82, 2.24) is 0 Å². The third kappa shape index (κ3) is 2.69. The molecule has 0 radical (unpaired) electrons. The van der Waals surface area contributed by atoms with E-state index < -0.39 is 0 Å². The zero-order chi connectivity index (χ0) is 10.9. The van der Waals surface area contributed by atoms with Crippen LogP contribution in [0.25, 0.3) is 0 Å². The number of ketones is 1. The first-order valence-corrected chi connectivity index (χ1v) is 5.88. The molecule has 0 amide bonds. The van der Waals surface area contributed by atoms with Gasteiger partial charge in [0.25, 0.3) is 0 Å². The quantitative estimate of drug-likeness (QED) is 0.662. The Bertz CT molecular complexity index is 283. The lowest BCUT2D eigenvalue weighted by Crippen LogP contribution is -2.27. The predicted octanol–water partition coefficient (Wildman–Crippen LogP) is 2.73. The molecule has 1 aliphatic heterocycles. The van der Waals surface area contributed by atoms with Gasteiger partial charge in [-0.2, -0.15) is 0 Å². The maximum atomic E-state index is 11.6. The van der Waals surface area contributed by atoms with E-state index in [1.165, 1.54) is 5.57 Å². The first-order valence-electron chi connectivity index (χ1n) is 5.88. The predicted molar refractivity (Wildman–Crippen MR) is 59.6 cm³/mol. The number of allylic oxidation sites excluding steroid dienone is 2. The van der Waals surface area contributed by atoms with Crippen LogP contribution in [0.5, 0.6) is 0 Å². The summed E-state index contributed by atoms with van der Waals surface area (Å²) in [4.78, 5) is 11.6. The molecule has 0 atom stereocenters. The summed E-state index contributed by atoms with van der Waals surface area (Å²) in [6.45, 7) is 6.10. The molecule has 0 saturated carbocycles. The van der Waals surface area contributed by atoms with Gasteiger partial charge in [-0.05, 0) is 36.7 Å². The topological polar surface area (TPSA) is 26.3 Å². The number of carbonyl (C=O) groups excluding carboxylic acids is 1. The Balaban J connectivity index is 2.10. The minimum atomic E-state index is 0.166. The van der Waals surface area contributed by atoms with Gasteiger partial charge in [-0.1, -0.05) is 19.4 Å². The molecule has 15 heavy (non-hydrogen) atoms. The van der Waals surface area contributed by atoms with E-state index in [1.807, 2.05) is 6.08 Å². The molecule has 1 saturated heterocycles. The maximum absolute atomic E-state index is 11.6. The second-order valence-corrected chi connectivity index (χ2v) is 5.59. The highest BCUT2D eigenvalue weighted by molar-refractivity contribution is 5.91. The zero-order valence-corrected chi connectivity index (χ0v) is 9.71. The summed E-state index contributed by atoms with van der Waals surface area (Å²) in [5.41, 5.74) is 1.54. The third-order valence-electron chi connectivity index (χ3n) is 3.43. The second-order valence-electron chi connectivity index (χ2n) is 5.59. The van der Waals surface area contributed by atoms with Crippen molar-refractivity contribution in [2.75, 3.05) is 13.2 Å². The fraction of sp³-hybridized carbons (Fsp3) is 0.769. The fourth-order valence-corrected chi connectivity index (χ4v) is 2.73. The van der Waals surface area contributed by atoms with Gasteiger partial charge in [0, 0.05) is 19.6 Å². The third-order valence-corrected chi connectivity index (χ3v) is 3.43. The van der Waals surface area contributed by atoms with Crippen LogP contribution in [0.2, 0.25) is 0 Å². The highest BCUT2D eigenvalue weighted by Crippen LogP contribution is 2.39. The standard InChI is InChI=1S/C13H20O2/c1-13(2)8-11(7-12(14)9-13)10-3-5-15-6-4-10/h7,10H,3-6,8-9H2,1-2H3. The van der Waals surface area contributed by atoms with Crippen molar-refractivity contribution in [1.29, 1.82) is 0 Å². The van der Waals surface area contributed by atoms with Crippen molar-refractivity contribution >= 4 is 5.78 Å². The number of hydrogen-bond acceptors (Lipinski definition) is 2. The molecule has 2 rings (SSSR count). The Morgan fingerprint density at radius 3 is 2.53 bits per heavy atom. The molecular weight excluding hydrogens is 188 g/mol. The lowest BCUT2D eigenvalue weighted by molar-refractivity contribution is -0.117. The molecule has 0 aromatic rings. The molecule has 2 nitrogen and oxygen atoms in total. The lowest BCUT2D eigenvalue weighted by Gasteiger charge is -2.34. The summed E-state index contributed by atoms with van der Waals surface area (Å²) in [5.74, 6) is 0.912. The lowest BCUT2D eigenvalue weighted by atomic mass is 9.72. The minimum absolute atomic E-state index is 0.166. The minimum Gasteiger partial charge on any atom is -0.381 e. The van der Waals surface area contributed by atoms with Crippen LogP contribution in [0.4, 0.5) is 0 Å². The van der Waals surface area contributed by atoms with E-state index in [2.05, 4.69) is 13.8 Å². The summed E-state index contributed by atoms with van der Waals surface area (Å²) in [6, 6.07) is 0. The van der Waals surface area contributed by atoms with Gasteiger partial charge in [0.1, 0.15) is 0 Å². The molecule has 2 aliphatic rings. The van der Waals surface area contributed by atoms with Crippen LogP contribution in [0.15, 0.2) is 11.6 Å². The van der Waals surface area contributed by atoms with Gasteiger partial charge in [-0.25, -0.2) is 0 Å². The molecule has 0 aromatic carbocycles. The van der Waals surface area contributed by atoms with E-state index in [0.717, 1.165) is 32.5 Å². The Morgan fingerprint density at radius 2 is 1.93 bits per heavy atom. The number of rotatable bonds is 1. The van der Waals surface area contributed by atoms with Gasteiger partial charge in [0.05, 0.1) is 0 Å². The van der Waals surface area contributed by atoms with Crippen LogP contribution < -0.4 is 0 Å². The van der Waals surface area contributed by atoms with Gasteiger partial charge < -0.3 is 4.74 Å². The molecule has 1 heterocycles. The molecule has 1 fully saturated rings. The first-order chi connectivity index (χ1) is 7.07. The molecule has 0 bridgehead atoms. The summed E-state index contributed by atoms with van der Waals surface area (Å²) >= 11 is 0. The van der Waals surface area contributed by atoms with Gasteiger partial charge in [0.2, 0.25) is 0 Å². The van der Waals surface area contributed by atoms with E-state index in [4.69, 9.17) is 4.74 Å². The monoisotopic (exact) mass is 208 g/mol. The van der Waals surface area contributed by atoms with Crippen molar-refractivity contribution in [3.8, 4) is 0 Å². The van der Waals surface area contributed by atoms with Crippen molar-refractivity contribution in [3.63, 3.8) is 0 Å². The van der Waals surface area contributed by atoms with Crippen LogP contribution in [0.1, 0.15) is 39.5 Å². The van der Waals surface area contributed by atoms with Gasteiger partial charge in [-0.15, -0.1) is 0 Å². The van der Waals surface area contributed by atoms with Gasteiger partial charge >= 0.3 is 0 Å². The molecule has 1 aliphatic carbocycles. The second kappa shape index (κ2) is 4.09. The largest absolute Gasteiger partial charge is 0.381 e. The van der Waals surface area contributed by atoms with Crippen LogP contribution in [0.3, 0.4) is 0 Å². The Morgan fingerprint density at radius 1 is 1.27 bits per heavy atom. The summed E-state index contributed by atoms with van der Waals surface area (Å²) in [6.07, 6.45) is 5.88. The van der Waals surface area contributed by atoms with Crippen LogP contribution in [-0.2, 0) is 9.53 Å². The van der Waals surface area contributed by atoms with Gasteiger partial charge in [-0.3, -0.25) is 4.79 Å². The normalized spacial score (nSPS) is 27.6. The number of carbonyl (C=O) groups is 1. The van der Waals surface area contributed by atoms with Crippen LogP contribution in [-0.4, -0.2) is 19.0 Å². The van der Waals surface area contributed by atoms with Crippen LogP contribution >= 0.6 is 0 Å². The van der Waals surface area contributed by atoms with E-state index in [-0.39, 0.29) is 5.41 Å². The SMILES string of the molecule is CC1(C)CC(=O)C=C(C2CCOCC2)C1. The van der Waals surface area contributed by atoms with E-state index in [0.29, 0.717) is 18.1 Å². The Kier molecular flexibility index (Phi) is 2.96. The molecule has 0 unspecified atom stereocenters. The van der Waals surface area contributed by atoms with Crippen molar-refractivity contribution in [2.45, 2.75) is 39.5 Å². The Labute approximate surface area is 91.7 Å². The molecule has 0 aromatic heterocycles. The smallest absolute Gasteiger partial charge is 0.156 e. The summed E-state index contributed by atoms with van der Waals surface area (Å²) < 4.78 is 5.36. The average Bonchev–Trinajstić information content (AvgIpc) is 2.16. The van der Waals surface area contributed by atoms with E-state index in [9.17, 15) is 4.79 Å². The molecule has 2 heteroatoms. The fourth-order valence-electron chi connectivity index (χ4n) is 2.73. The molecule has 0 spiro atoms. The molecule has 0 N–H and O–H groups in total. The van der Waals surface area contributed by atoms with Gasteiger partial charge in [0.15, 0.2) is 5.78 Å². The average molecular weight is 208 g/mol. The number of hydrogen-bond donors (Lipinski definition) is 0. The summed E-state index contributed by atoms with van der Waals surface area (Å²) in [7, 11) is 0. The maximum Gasteiger partial charge on any atom is 0.156 e. The van der Waals surface area contributed by atoms with E-state index in [1.54, 1.807) is 0 Å². The van der Waals surface area contributed by atoms with Crippen molar-refractivity contribution < 1.29 is 9.53 Å². The van der Waals surface area contributed by atoms with Crippen molar-refractivity contribution in [3.05, 3.63) is 11.6 Å². The highest BCUT2D eigenvalue weighted by atomic mass is 16.5. The van der Waals surface area contributed by atoms with Crippen molar-refractivity contribution in [2.24, 2.45) is 11.3 Å². The Hall–Kier alpha value is -0.630. The van der Waals surface area contributed by atoms with Crippen LogP contribution in [0, 0.1) is 11.3 Å². The molecular formula is C13H20O2. The summed E-state index contributed by atoms with van der Waals surface area (Å²) in [5, 5.41) is 0. The molecule has 84 valence electrons. The highest BCUT2D eigenvalue weighted by Gasteiger charge is 2.31. The number of ether oxygens (including phenoxy) is 1. The zero-order valence-electron chi connectivity index (χ0n) is 9.71.